The first-order valence-corrected chi connectivity index (χ1v) is 18.6. The largest absolute Gasteiger partial charge is 0.582 e. The quantitative estimate of drug-likeness (QED) is 0.0831. The van der Waals surface area contributed by atoms with Crippen LogP contribution < -0.4 is 17.0 Å². The van der Waals surface area contributed by atoms with Crippen LogP contribution in [0.5, 0.6) is 0 Å². The van der Waals surface area contributed by atoms with E-state index in [-0.39, 0.29) is 40.7 Å². The van der Waals surface area contributed by atoms with Gasteiger partial charge in [-0.25, -0.2) is 24.3 Å². The third kappa shape index (κ3) is 6.32. The number of ether oxygens (including phenoxy) is 1. The zero-order valence-corrected chi connectivity index (χ0v) is 26.7. The number of nitrogens with two attached hydrogens (primary N) is 2. The van der Waals surface area contributed by atoms with Crippen LogP contribution in [-0.4, -0.2) is 103 Å². The highest BCUT2D eigenvalue weighted by Crippen LogP contribution is 2.54. The molecule has 10 atom stereocenters. The van der Waals surface area contributed by atoms with Crippen LogP contribution in [0.3, 0.4) is 0 Å². The van der Waals surface area contributed by atoms with E-state index in [1.807, 2.05) is 0 Å². The zero-order valence-electron chi connectivity index (χ0n) is 22.4. The Labute approximate surface area is 266 Å². The summed E-state index contributed by atoms with van der Waals surface area (Å²) >= 11 is 9.99. The minimum absolute atomic E-state index is 0.0464. The van der Waals surface area contributed by atoms with Crippen molar-refractivity contribution in [1.82, 2.24) is 39.0 Å². The number of thioether (sulfide) groups is 1. The van der Waals surface area contributed by atoms with E-state index in [1.54, 1.807) is 0 Å². The molecule has 242 valence electrons. The molecular weight excluding hydrogens is 701 g/mol. The maximum absolute atomic E-state index is 15.2. The van der Waals surface area contributed by atoms with Crippen molar-refractivity contribution in [3.63, 3.8) is 0 Å². The number of nitrogens with zero attached hydrogens (tertiary/aromatic N) is 7. The predicted molar refractivity (Wildman–Crippen MR) is 163 cm³/mol. The number of H-pyrrole nitrogens is 1. The van der Waals surface area contributed by atoms with Crippen LogP contribution in [0.2, 0.25) is 0 Å². The predicted octanol–water partition coefficient (Wildman–Crippen LogP) is -0.0824. The number of imidazole rings is 2. The highest BCUT2D eigenvalue weighted by molar-refractivity contribution is 8.39. The molecule has 0 radical (unpaired) electrons. The standard InChI is InChI=1S/C20H23FN10O9P2S3/c21-8-11(32)6(39-18(8)30-4-26-9-14(22)24-3-25-15(9)30)1-38-42(36,44)40-13-12(33)7(2-37-41(35)43)45-19(13)31-5-27-10-16(31)28-20(23)29-17(10)34/h3-8,11-13,18-19,32-33H,1-2H2,(H6-,22,23,24,25,28,29,34,35,36,43,44)/p+1/t6-,7-,8+,11-,12-,13-,18-,19-,42?/m1/s1. The van der Waals surface area contributed by atoms with Gasteiger partial charge in [-0.05, 0) is 16.4 Å². The average molecular weight is 726 g/mol. The molecule has 0 aromatic carbocycles. The van der Waals surface area contributed by atoms with Crippen molar-refractivity contribution in [1.29, 1.82) is 0 Å². The number of aromatic amines is 1. The highest BCUT2D eigenvalue weighted by atomic mass is 32.7. The van der Waals surface area contributed by atoms with Gasteiger partial charge in [-0.2, -0.15) is 4.98 Å². The first-order valence-electron chi connectivity index (χ1n) is 12.8. The fourth-order valence-electron chi connectivity index (χ4n) is 4.93. The van der Waals surface area contributed by atoms with E-state index >= 15 is 4.39 Å². The third-order valence-corrected chi connectivity index (χ3v) is 10.8. The lowest BCUT2D eigenvalue weighted by Gasteiger charge is -2.27. The summed E-state index contributed by atoms with van der Waals surface area (Å²) in [5.74, 6) is -0.128. The number of aliphatic hydroxyl groups excluding tert-OH is 2. The Hall–Kier alpha value is -2.40. The van der Waals surface area contributed by atoms with E-state index in [4.69, 9.17) is 41.6 Å². The Balaban J connectivity index is 1.20. The molecule has 6 rings (SSSR count). The second-order valence-electron chi connectivity index (χ2n) is 9.78. The van der Waals surface area contributed by atoms with Crippen molar-refractivity contribution < 1.29 is 42.4 Å². The van der Waals surface area contributed by atoms with E-state index in [0.717, 1.165) is 11.8 Å². The van der Waals surface area contributed by atoms with Crippen LogP contribution in [0.1, 0.15) is 11.6 Å². The molecule has 19 nitrogen and oxygen atoms in total. The Morgan fingerprint density at radius 1 is 1.16 bits per heavy atom. The van der Waals surface area contributed by atoms with Crippen LogP contribution in [0.4, 0.5) is 16.2 Å². The molecule has 2 fully saturated rings. The molecule has 4 aromatic rings. The van der Waals surface area contributed by atoms with Gasteiger partial charge in [-0.15, -0.1) is 16.3 Å². The Bertz CT molecular complexity index is 1870. The molecule has 0 bridgehead atoms. The number of halogens is 1. The number of aliphatic hydroxyl groups is 2. The molecule has 2 unspecified atom stereocenters. The Morgan fingerprint density at radius 2 is 1.89 bits per heavy atom. The topological polar surface area (TPSA) is 274 Å². The van der Waals surface area contributed by atoms with Crippen LogP contribution in [0.15, 0.2) is 23.8 Å². The number of aromatic nitrogens is 8. The van der Waals surface area contributed by atoms with Crippen LogP contribution in [-0.2, 0) is 34.7 Å². The van der Waals surface area contributed by atoms with Gasteiger partial charge < -0.3 is 35.8 Å². The van der Waals surface area contributed by atoms with Crippen LogP contribution in [0, 0.1) is 0 Å². The Morgan fingerprint density at radius 3 is 2.64 bits per heavy atom. The van der Waals surface area contributed by atoms with Gasteiger partial charge in [-0.3, -0.25) is 23.4 Å². The van der Waals surface area contributed by atoms with E-state index < -0.39 is 73.6 Å². The molecule has 0 saturated carbocycles. The summed E-state index contributed by atoms with van der Waals surface area (Å²) in [5.41, 5.74) is 11.3. The SMILES string of the molecule is Nc1nc2c(ncn2[C@@H]2S[C@H](CO[P+](=O)S)[C@@H](O)[C@H]2OP(O)(=S)OC[C@H]2O[C@@H](n3cnc4c(N)ncnc43)[C@@H](F)[C@@H]2O)c(=O)[nH]1. The van der Waals surface area contributed by atoms with E-state index in [1.165, 1.54) is 28.1 Å². The smallest absolute Gasteiger partial charge is 0.389 e. The van der Waals surface area contributed by atoms with Crippen molar-refractivity contribution in [3.8, 4) is 0 Å². The second-order valence-corrected chi connectivity index (χ2v) is 15.6. The summed E-state index contributed by atoms with van der Waals surface area (Å²) in [5, 5.41) is 20.0. The van der Waals surface area contributed by atoms with Gasteiger partial charge in [0.15, 0.2) is 35.0 Å². The molecule has 0 aliphatic carbocycles. The van der Waals surface area contributed by atoms with Gasteiger partial charge in [0.1, 0.15) is 54.4 Å². The summed E-state index contributed by atoms with van der Waals surface area (Å²) in [7, 11) is -2.31. The van der Waals surface area contributed by atoms with Crippen LogP contribution >= 0.6 is 38.0 Å². The summed E-state index contributed by atoms with van der Waals surface area (Å²) in [6.07, 6.45) is -5.41. The molecule has 0 amide bonds. The minimum Gasteiger partial charge on any atom is -0.389 e. The van der Waals surface area contributed by atoms with Crippen molar-refractivity contribution in [2.75, 3.05) is 24.7 Å². The van der Waals surface area contributed by atoms with Crippen molar-refractivity contribution in [3.05, 3.63) is 29.3 Å². The molecule has 2 aliphatic heterocycles. The number of nitrogens with one attached hydrogen (secondary N) is 1. The second kappa shape index (κ2) is 12.7. The van der Waals surface area contributed by atoms with E-state index in [2.05, 4.69) is 42.2 Å². The number of anilines is 2. The van der Waals surface area contributed by atoms with Crippen molar-refractivity contribution in [2.24, 2.45) is 0 Å². The zero-order chi connectivity index (χ0) is 32.2. The lowest BCUT2D eigenvalue weighted by atomic mass is 10.1. The number of hydrogen-bond acceptors (Lipinski definition) is 17. The molecule has 4 aromatic heterocycles. The van der Waals surface area contributed by atoms with Crippen molar-refractivity contribution in [2.45, 2.75) is 47.4 Å². The number of hydrogen-bond donors (Lipinski definition) is 7. The molecule has 0 spiro atoms. The van der Waals surface area contributed by atoms with Crippen molar-refractivity contribution >= 4 is 83.9 Å². The summed E-state index contributed by atoms with van der Waals surface area (Å²) in [6, 6.07) is 0. The third-order valence-electron chi connectivity index (χ3n) is 7.00. The number of thiol groups is 1. The summed E-state index contributed by atoms with van der Waals surface area (Å²) < 4.78 is 51.3. The lowest BCUT2D eigenvalue weighted by Crippen LogP contribution is -2.35. The first kappa shape index (κ1) is 32.5. The number of nitrogen functional groups attached to an aromatic ring is 2. The molecule has 45 heavy (non-hydrogen) atoms. The number of rotatable bonds is 10. The van der Waals surface area contributed by atoms with E-state index in [0.29, 0.717) is 0 Å². The fourth-order valence-corrected chi connectivity index (χ4v) is 8.51. The fraction of sp³-hybridized carbons (Fsp3) is 0.500. The molecule has 2 saturated heterocycles. The minimum atomic E-state index is -4.26. The van der Waals surface area contributed by atoms with Gasteiger partial charge in [-0.1, -0.05) is 0 Å². The van der Waals surface area contributed by atoms with Gasteiger partial charge in [0.05, 0.1) is 30.6 Å². The molecule has 8 N–H and O–H groups in total. The number of alkyl halides is 1. The highest BCUT2D eigenvalue weighted by Gasteiger charge is 2.50. The van der Waals surface area contributed by atoms with Gasteiger partial charge in [0.25, 0.3) is 5.56 Å². The number of fused-ring (bicyclic) bond motifs is 2. The summed E-state index contributed by atoms with van der Waals surface area (Å²) in [4.78, 5) is 45.8. The molecule has 2 aliphatic rings. The Kier molecular flexibility index (Phi) is 9.15. The van der Waals surface area contributed by atoms with Gasteiger partial charge in [0, 0.05) is 0 Å². The first-order chi connectivity index (χ1) is 21.3. The normalized spacial score (nSPS) is 30.3. The van der Waals surface area contributed by atoms with E-state index in [9.17, 15) is 24.5 Å². The molecule has 6 heterocycles. The maximum Gasteiger partial charge on any atom is 0.582 e. The maximum atomic E-state index is 15.2. The lowest BCUT2D eigenvalue weighted by molar-refractivity contribution is -0.0477. The van der Waals surface area contributed by atoms with Gasteiger partial charge >= 0.3 is 13.9 Å². The monoisotopic (exact) mass is 725 g/mol. The summed E-state index contributed by atoms with van der Waals surface area (Å²) in [6.45, 7) is -5.10. The molecular formula is C20H24FN10O9P2S3+. The molecule has 25 heteroatoms. The van der Waals surface area contributed by atoms with Gasteiger partial charge in [0.2, 0.25) is 5.95 Å². The average Bonchev–Trinajstić information content (AvgIpc) is 3.73. The van der Waals surface area contributed by atoms with Crippen LogP contribution in [0.25, 0.3) is 22.3 Å².